The maximum absolute atomic E-state index is 13.6. The van der Waals surface area contributed by atoms with Crippen molar-refractivity contribution in [3.8, 4) is 0 Å². The second-order valence-electron chi connectivity index (χ2n) is 9.31. The van der Waals surface area contributed by atoms with Gasteiger partial charge in [0.2, 0.25) is 0 Å². The van der Waals surface area contributed by atoms with Gasteiger partial charge in [0.15, 0.2) is 0 Å². The van der Waals surface area contributed by atoms with Gasteiger partial charge in [-0.15, -0.1) is 0 Å². The molecule has 0 fully saturated rings. The minimum atomic E-state index is 0.00484. The van der Waals surface area contributed by atoms with E-state index in [-0.39, 0.29) is 11.9 Å². The van der Waals surface area contributed by atoms with E-state index in [1.807, 2.05) is 18.2 Å². The fourth-order valence-corrected chi connectivity index (χ4v) is 4.57. The summed E-state index contributed by atoms with van der Waals surface area (Å²) in [7, 11) is 0. The molecule has 0 aliphatic heterocycles. The van der Waals surface area contributed by atoms with E-state index in [0.717, 1.165) is 48.1 Å². The quantitative estimate of drug-likeness (QED) is 0.295. The summed E-state index contributed by atoms with van der Waals surface area (Å²) >= 11 is 0. The van der Waals surface area contributed by atoms with Crippen LogP contribution in [0.25, 0.3) is 10.9 Å². The Labute approximate surface area is 197 Å². The molecule has 0 saturated carbocycles. The van der Waals surface area contributed by atoms with Crippen LogP contribution in [0.15, 0.2) is 85.1 Å². The molecule has 4 rings (SSSR count). The van der Waals surface area contributed by atoms with Gasteiger partial charge >= 0.3 is 0 Å². The van der Waals surface area contributed by atoms with Gasteiger partial charge in [-0.2, -0.15) is 0 Å². The molecule has 0 radical (unpaired) electrons. The van der Waals surface area contributed by atoms with Crippen molar-refractivity contribution in [3.05, 3.63) is 107 Å². The number of rotatable bonds is 9. The molecule has 1 amide bonds. The van der Waals surface area contributed by atoms with E-state index in [0.29, 0.717) is 5.92 Å². The van der Waals surface area contributed by atoms with Crippen LogP contribution in [0.1, 0.15) is 66.7 Å². The van der Waals surface area contributed by atoms with Gasteiger partial charge in [-0.1, -0.05) is 87.9 Å². The molecule has 3 heteroatoms. The molecule has 0 aliphatic rings. The third-order valence-corrected chi connectivity index (χ3v) is 6.19. The lowest BCUT2D eigenvalue weighted by Gasteiger charge is -2.22. The maximum Gasteiger partial charge on any atom is 0.252 e. The van der Waals surface area contributed by atoms with E-state index in [9.17, 15) is 4.79 Å². The number of nitrogens with one attached hydrogen (secondary N) is 1. The number of benzene rings is 3. The van der Waals surface area contributed by atoms with E-state index in [2.05, 4.69) is 97.5 Å². The standard InChI is InChI=1S/C30H34N2O/c1-4-10-24-16-15-23(21-32-18-17-26-13-8-9-14-29(26)32)20-27(24)30(33)31-28(19-22(2)3)25-11-6-5-7-12-25/h5-9,11-18,20,22,28H,4,10,19,21H2,1-3H3,(H,31,33). The number of hydrogen-bond acceptors (Lipinski definition) is 1. The first-order valence-corrected chi connectivity index (χ1v) is 12.1. The molecule has 1 aromatic heterocycles. The molecule has 1 N–H and O–H groups in total. The summed E-state index contributed by atoms with van der Waals surface area (Å²) in [5.41, 5.74) is 5.43. The third-order valence-electron chi connectivity index (χ3n) is 6.19. The smallest absolute Gasteiger partial charge is 0.252 e. The van der Waals surface area contributed by atoms with Crippen molar-refractivity contribution in [2.24, 2.45) is 5.92 Å². The van der Waals surface area contributed by atoms with Crippen LogP contribution >= 0.6 is 0 Å². The Kier molecular flexibility index (Phi) is 7.29. The Morgan fingerprint density at radius 3 is 2.45 bits per heavy atom. The average Bonchev–Trinajstić information content (AvgIpc) is 3.23. The van der Waals surface area contributed by atoms with Crippen LogP contribution in [-0.2, 0) is 13.0 Å². The van der Waals surface area contributed by atoms with Crippen molar-refractivity contribution in [1.29, 1.82) is 0 Å². The molecule has 3 aromatic carbocycles. The molecule has 170 valence electrons. The largest absolute Gasteiger partial charge is 0.345 e. The zero-order chi connectivity index (χ0) is 23.2. The Hall–Kier alpha value is -3.33. The lowest BCUT2D eigenvalue weighted by molar-refractivity contribution is 0.0931. The van der Waals surface area contributed by atoms with Gasteiger partial charge < -0.3 is 9.88 Å². The van der Waals surface area contributed by atoms with Crippen molar-refractivity contribution in [2.45, 2.75) is 52.6 Å². The number of aryl methyl sites for hydroxylation is 1. The van der Waals surface area contributed by atoms with Crippen molar-refractivity contribution >= 4 is 16.8 Å². The molecule has 0 saturated heterocycles. The number of carbonyl (C=O) groups is 1. The van der Waals surface area contributed by atoms with Gasteiger partial charge in [0.05, 0.1) is 6.04 Å². The molecule has 3 nitrogen and oxygen atoms in total. The molecule has 0 bridgehead atoms. The van der Waals surface area contributed by atoms with Gasteiger partial charge in [-0.05, 0) is 59.0 Å². The number of carbonyl (C=O) groups excluding carboxylic acids is 1. The first-order valence-electron chi connectivity index (χ1n) is 12.1. The number of fused-ring (bicyclic) bond motifs is 1. The Bertz CT molecular complexity index is 1210. The van der Waals surface area contributed by atoms with E-state index in [4.69, 9.17) is 0 Å². The molecule has 1 unspecified atom stereocenters. The topological polar surface area (TPSA) is 34.0 Å². The van der Waals surface area contributed by atoms with Crippen molar-refractivity contribution in [3.63, 3.8) is 0 Å². The first kappa shape index (κ1) is 22.8. The maximum atomic E-state index is 13.6. The monoisotopic (exact) mass is 438 g/mol. The fourth-order valence-electron chi connectivity index (χ4n) is 4.57. The third kappa shape index (κ3) is 5.54. The van der Waals surface area contributed by atoms with Gasteiger partial charge in [0.1, 0.15) is 0 Å². The number of amides is 1. The van der Waals surface area contributed by atoms with Crippen LogP contribution in [0.2, 0.25) is 0 Å². The highest BCUT2D eigenvalue weighted by Crippen LogP contribution is 2.24. The van der Waals surface area contributed by atoms with Crippen molar-refractivity contribution in [1.82, 2.24) is 9.88 Å². The van der Waals surface area contributed by atoms with E-state index < -0.39 is 0 Å². The molecule has 0 aliphatic carbocycles. The predicted octanol–water partition coefficient (Wildman–Crippen LogP) is 7.16. The highest BCUT2D eigenvalue weighted by molar-refractivity contribution is 5.96. The fraction of sp³-hybridized carbons (Fsp3) is 0.300. The van der Waals surface area contributed by atoms with Gasteiger partial charge in [0, 0.05) is 23.8 Å². The summed E-state index contributed by atoms with van der Waals surface area (Å²) in [4.78, 5) is 13.6. The zero-order valence-electron chi connectivity index (χ0n) is 19.9. The zero-order valence-corrected chi connectivity index (χ0v) is 19.9. The van der Waals surface area contributed by atoms with Crippen LogP contribution in [0.5, 0.6) is 0 Å². The van der Waals surface area contributed by atoms with Crippen molar-refractivity contribution < 1.29 is 4.79 Å². The Morgan fingerprint density at radius 2 is 1.70 bits per heavy atom. The highest BCUT2D eigenvalue weighted by Gasteiger charge is 2.19. The Balaban J connectivity index is 1.62. The average molecular weight is 439 g/mol. The minimum absolute atomic E-state index is 0.00484. The van der Waals surface area contributed by atoms with Crippen LogP contribution in [0, 0.1) is 5.92 Å². The molecular formula is C30H34N2O. The minimum Gasteiger partial charge on any atom is -0.345 e. The van der Waals surface area contributed by atoms with Gasteiger partial charge in [0.25, 0.3) is 5.91 Å². The van der Waals surface area contributed by atoms with Crippen LogP contribution < -0.4 is 5.32 Å². The molecular weight excluding hydrogens is 404 g/mol. The number of hydrogen-bond donors (Lipinski definition) is 1. The summed E-state index contributed by atoms with van der Waals surface area (Å²) in [6.45, 7) is 7.31. The molecule has 0 spiro atoms. The van der Waals surface area contributed by atoms with Crippen LogP contribution in [0.3, 0.4) is 0 Å². The van der Waals surface area contributed by atoms with Gasteiger partial charge in [-0.3, -0.25) is 4.79 Å². The Morgan fingerprint density at radius 1 is 0.939 bits per heavy atom. The summed E-state index contributed by atoms with van der Waals surface area (Å²) in [6, 6.07) is 27.3. The van der Waals surface area contributed by atoms with Crippen LogP contribution in [0.4, 0.5) is 0 Å². The number of nitrogens with zero attached hydrogens (tertiary/aromatic N) is 1. The van der Waals surface area contributed by atoms with Gasteiger partial charge in [-0.25, -0.2) is 0 Å². The predicted molar refractivity (Wildman–Crippen MR) is 138 cm³/mol. The number of aromatic nitrogens is 1. The molecule has 4 aromatic rings. The number of para-hydroxylation sites is 1. The second kappa shape index (κ2) is 10.5. The summed E-state index contributed by atoms with van der Waals surface area (Å²) < 4.78 is 2.25. The molecule has 1 heterocycles. The lowest BCUT2D eigenvalue weighted by Crippen LogP contribution is -2.30. The first-order chi connectivity index (χ1) is 16.0. The second-order valence-corrected chi connectivity index (χ2v) is 9.31. The molecule has 1 atom stereocenters. The SMILES string of the molecule is CCCc1ccc(Cn2ccc3ccccc32)cc1C(=O)NC(CC(C)C)c1ccccc1. The lowest BCUT2D eigenvalue weighted by atomic mass is 9.95. The van der Waals surface area contributed by atoms with Crippen molar-refractivity contribution in [2.75, 3.05) is 0 Å². The van der Waals surface area contributed by atoms with E-state index in [1.54, 1.807) is 0 Å². The summed E-state index contributed by atoms with van der Waals surface area (Å²) in [6.07, 6.45) is 4.94. The summed E-state index contributed by atoms with van der Waals surface area (Å²) in [5.74, 6) is 0.506. The van der Waals surface area contributed by atoms with E-state index in [1.165, 1.54) is 10.9 Å². The van der Waals surface area contributed by atoms with E-state index >= 15 is 0 Å². The van der Waals surface area contributed by atoms with Crippen LogP contribution in [-0.4, -0.2) is 10.5 Å². The summed E-state index contributed by atoms with van der Waals surface area (Å²) in [5, 5.41) is 4.58. The highest BCUT2D eigenvalue weighted by atomic mass is 16.1. The normalized spacial score (nSPS) is 12.2. The molecule has 33 heavy (non-hydrogen) atoms.